The first-order valence-electron chi connectivity index (χ1n) is 6.57. The molecule has 0 spiro atoms. The molecule has 0 aliphatic rings. The van der Waals surface area contributed by atoms with Crippen molar-refractivity contribution in [3.05, 3.63) is 35.9 Å². The second kappa shape index (κ2) is 6.88. The normalized spacial score (nSPS) is 12.3. The number of rotatable bonds is 5. The lowest BCUT2D eigenvalue weighted by Crippen LogP contribution is -2.51. The van der Waals surface area contributed by atoms with Crippen LogP contribution in [0.15, 0.2) is 30.3 Å². The molecule has 0 saturated heterocycles. The molecule has 1 atom stereocenters. The van der Waals surface area contributed by atoms with Crippen LogP contribution in [0, 0.1) is 5.41 Å². The number of amides is 2. The lowest BCUT2D eigenvalue weighted by Gasteiger charge is -2.27. The number of carboxylic acids is 1. The molecule has 0 aliphatic heterocycles. The van der Waals surface area contributed by atoms with Gasteiger partial charge in [0.1, 0.15) is 6.04 Å². The maximum atomic E-state index is 11.8. The largest absolute Gasteiger partial charge is 0.480 e. The van der Waals surface area contributed by atoms with E-state index in [2.05, 4.69) is 10.6 Å². The van der Waals surface area contributed by atoms with Crippen LogP contribution in [-0.4, -0.2) is 35.5 Å². The highest BCUT2D eigenvalue weighted by molar-refractivity contribution is 5.96. The Morgan fingerprint density at radius 1 is 1.14 bits per heavy atom. The first-order chi connectivity index (χ1) is 9.71. The lowest BCUT2D eigenvalue weighted by atomic mass is 9.87. The number of aliphatic carboxylic acids is 1. The molecule has 0 radical (unpaired) electrons. The van der Waals surface area contributed by atoms with Crippen LogP contribution >= 0.6 is 0 Å². The molecule has 0 fully saturated rings. The fourth-order valence-corrected chi connectivity index (χ4v) is 1.71. The zero-order valence-electron chi connectivity index (χ0n) is 12.3. The quantitative estimate of drug-likeness (QED) is 0.755. The third-order valence-electron chi connectivity index (χ3n) is 2.86. The van der Waals surface area contributed by atoms with Crippen molar-refractivity contribution in [2.24, 2.45) is 5.41 Å². The Morgan fingerprint density at radius 2 is 1.71 bits per heavy atom. The highest BCUT2D eigenvalue weighted by atomic mass is 16.4. The van der Waals surface area contributed by atoms with Crippen molar-refractivity contribution < 1.29 is 19.5 Å². The summed E-state index contributed by atoms with van der Waals surface area (Å²) in [6.07, 6.45) is 0. The molecule has 1 aromatic carbocycles. The molecule has 2 amide bonds. The number of carboxylic acid groups (broad SMARTS) is 1. The Hall–Kier alpha value is -2.37. The van der Waals surface area contributed by atoms with Gasteiger partial charge in [0, 0.05) is 5.56 Å². The summed E-state index contributed by atoms with van der Waals surface area (Å²) in [5, 5.41) is 14.0. The molecule has 1 unspecified atom stereocenters. The average molecular weight is 292 g/mol. The number of carbonyl (C=O) groups excluding carboxylic acids is 2. The highest BCUT2D eigenvalue weighted by Crippen LogP contribution is 2.19. The minimum absolute atomic E-state index is 0.270. The van der Waals surface area contributed by atoms with Gasteiger partial charge < -0.3 is 15.7 Å². The lowest BCUT2D eigenvalue weighted by molar-refractivity contribution is -0.144. The second-order valence-corrected chi connectivity index (χ2v) is 5.75. The minimum Gasteiger partial charge on any atom is -0.480 e. The summed E-state index contributed by atoms with van der Waals surface area (Å²) >= 11 is 0. The first-order valence-corrected chi connectivity index (χ1v) is 6.57. The Labute approximate surface area is 123 Å². The molecule has 6 nitrogen and oxygen atoms in total. The van der Waals surface area contributed by atoms with E-state index < -0.39 is 23.3 Å². The van der Waals surface area contributed by atoms with E-state index >= 15 is 0 Å². The molecule has 0 heterocycles. The van der Waals surface area contributed by atoms with Crippen molar-refractivity contribution in [2.75, 3.05) is 6.54 Å². The van der Waals surface area contributed by atoms with Crippen LogP contribution in [0.1, 0.15) is 31.1 Å². The summed E-state index contributed by atoms with van der Waals surface area (Å²) in [6, 6.07) is 7.46. The van der Waals surface area contributed by atoms with Gasteiger partial charge in [-0.3, -0.25) is 9.59 Å². The van der Waals surface area contributed by atoms with Crippen LogP contribution < -0.4 is 10.6 Å². The molecule has 1 rings (SSSR count). The minimum atomic E-state index is -1.11. The monoisotopic (exact) mass is 292 g/mol. The summed E-state index contributed by atoms with van der Waals surface area (Å²) in [5.41, 5.74) is -0.179. The molecule has 21 heavy (non-hydrogen) atoms. The highest BCUT2D eigenvalue weighted by Gasteiger charge is 2.32. The Morgan fingerprint density at radius 3 is 2.19 bits per heavy atom. The van der Waals surface area contributed by atoms with Crippen LogP contribution in [0.2, 0.25) is 0 Å². The second-order valence-electron chi connectivity index (χ2n) is 5.75. The van der Waals surface area contributed by atoms with Crippen LogP contribution in [-0.2, 0) is 9.59 Å². The van der Waals surface area contributed by atoms with E-state index in [1.54, 1.807) is 51.1 Å². The summed E-state index contributed by atoms with van der Waals surface area (Å²) < 4.78 is 0. The zero-order chi connectivity index (χ0) is 16.0. The van der Waals surface area contributed by atoms with E-state index in [1.807, 2.05) is 0 Å². The number of hydrogen-bond donors (Lipinski definition) is 3. The first kappa shape index (κ1) is 16.7. The molecule has 1 aromatic rings. The van der Waals surface area contributed by atoms with Gasteiger partial charge in [0.25, 0.3) is 5.91 Å². The Bertz CT molecular complexity index is 520. The van der Waals surface area contributed by atoms with Crippen molar-refractivity contribution in [1.82, 2.24) is 10.6 Å². The van der Waals surface area contributed by atoms with Gasteiger partial charge in [-0.2, -0.15) is 0 Å². The molecule has 0 saturated carbocycles. The number of hydrogen-bond acceptors (Lipinski definition) is 3. The van der Waals surface area contributed by atoms with E-state index in [4.69, 9.17) is 5.11 Å². The third-order valence-corrected chi connectivity index (χ3v) is 2.86. The van der Waals surface area contributed by atoms with Gasteiger partial charge in [-0.15, -0.1) is 0 Å². The van der Waals surface area contributed by atoms with Crippen molar-refractivity contribution in [3.63, 3.8) is 0 Å². The fourth-order valence-electron chi connectivity index (χ4n) is 1.71. The van der Waals surface area contributed by atoms with E-state index in [-0.39, 0.29) is 12.5 Å². The predicted molar refractivity (Wildman–Crippen MR) is 77.8 cm³/mol. The molecular weight excluding hydrogens is 272 g/mol. The summed E-state index contributed by atoms with van der Waals surface area (Å²) in [7, 11) is 0. The van der Waals surface area contributed by atoms with Gasteiger partial charge in [0.15, 0.2) is 0 Å². The molecule has 114 valence electrons. The third kappa shape index (κ3) is 5.25. The summed E-state index contributed by atoms with van der Waals surface area (Å²) in [4.78, 5) is 34.6. The van der Waals surface area contributed by atoms with E-state index in [9.17, 15) is 14.4 Å². The van der Waals surface area contributed by atoms with Gasteiger partial charge in [0.2, 0.25) is 5.91 Å². The standard InChI is InChI=1S/C15H20N2O4/c1-15(2,3)12(14(20)21)17-11(18)9-16-13(19)10-7-5-4-6-8-10/h4-8,12H,9H2,1-3H3,(H,16,19)(H,17,18)(H,20,21). The maximum Gasteiger partial charge on any atom is 0.326 e. The zero-order valence-corrected chi connectivity index (χ0v) is 12.3. The van der Waals surface area contributed by atoms with Gasteiger partial charge in [0.05, 0.1) is 6.54 Å². The Kier molecular flexibility index (Phi) is 5.46. The van der Waals surface area contributed by atoms with Gasteiger partial charge >= 0.3 is 5.97 Å². The van der Waals surface area contributed by atoms with Crippen LogP contribution in [0.5, 0.6) is 0 Å². The average Bonchev–Trinajstić information content (AvgIpc) is 2.41. The van der Waals surface area contributed by atoms with Gasteiger partial charge in [-0.05, 0) is 17.5 Å². The number of carbonyl (C=O) groups is 3. The fraction of sp³-hybridized carbons (Fsp3) is 0.400. The van der Waals surface area contributed by atoms with Crippen molar-refractivity contribution in [2.45, 2.75) is 26.8 Å². The SMILES string of the molecule is CC(C)(C)C(NC(=O)CNC(=O)c1ccccc1)C(=O)O. The van der Waals surface area contributed by atoms with Crippen LogP contribution in [0.3, 0.4) is 0 Å². The molecule has 6 heteroatoms. The van der Waals surface area contributed by atoms with Crippen molar-refractivity contribution >= 4 is 17.8 Å². The maximum absolute atomic E-state index is 11.8. The number of nitrogens with one attached hydrogen (secondary N) is 2. The Balaban J connectivity index is 2.54. The molecule has 3 N–H and O–H groups in total. The predicted octanol–water partition coefficient (Wildman–Crippen LogP) is 1.03. The molecule has 0 aliphatic carbocycles. The van der Waals surface area contributed by atoms with Crippen LogP contribution in [0.25, 0.3) is 0 Å². The topological polar surface area (TPSA) is 95.5 Å². The van der Waals surface area contributed by atoms with Gasteiger partial charge in [-0.1, -0.05) is 39.0 Å². The van der Waals surface area contributed by atoms with E-state index in [0.717, 1.165) is 0 Å². The smallest absolute Gasteiger partial charge is 0.326 e. The number of benzene rings is 1. The summed E-state index contributed by atoms with van der Waals surface area (Å²) in [6.45, 7) is 4.88. The molecule has 0 aromatic heterocycles. The van der Waals surface area contributed by atoms with Gasteiger partial charge in [-0.25, -0.2) is 4.79 Å². The van der Waals surface area contributed by atoms with Crippen molar-refractivity contribution in [1.29, 1.82) is 0 Å². The van der Waals surface area contributed by atoms with E-state index in [0.29, 0.717) is 5.56 Å². The molecular formula is C15H20N2O4. The summed E-state index contributed by atoms with van der Waals surface area (Å²) in [5.74, 6) is -2.03. The molecule has 0 bridgehead atoms. The van der Waals surface area contributed by atoms with Crippen LogP contribution in [0.4, 0.5) is 0 Å². The van der Waals surface area contributed by atoms with Crippen molar-refractivity contribution in [3.8, 4) is 0 Å². The van der Waals surface area contributed by atoms with E-state index in [1.165, 1.54) is 0 Å².